The van der Waals surface area contributed by atoms with Crippen molar-refractivity contribution in [1.29, 1.82) is 0 Å². The van der Waals surface area contributed by atoms with E-state index in [1.165, 1.54) is 12.1 Å². The topological polar surface area (TPSA) is 101 Å². The number of nitrogen functional groups attached to an aromatic ring is 1. The molecule has 1 aromatic heterocycles. The number of carbonyl (C=O) groups excluding carboxylic acids is 1. The molecule has 0 fully saturated rings. The summed E-state index contributed by atoms with van der Waals surface area (Å²) >= 11 is 0. The molecular formula is C20H26F2N4O3. The van der Waals surface area contributed by atoms with Crippen LogP contribution in [0, 0.1) is 11.8 Å². The summed E-state index contributed by atoms with van der Waals surface area (Å²) in [5.41, 5.74) is 3.36. The summed E-state index contributed by atoms with van der Waals surface area (Å²) in [4.78, 5) is 40.3. The molecule has 0 aliphatic carbocycles. The normalized spacial score (nSPS) is 11.9. The molecule has 1 heterocycles. The molecule has 1 amide bonds. The molecule has 3 N–H and O–H groups in total. The number of rotatable bonds is 7. The summed E-state index contributed by atoms with van der Waals surface area (Å²) in [5.74, 6) is -6.02. The van der Waals surface area contributed by atoms with Gasteiger partial charge >= 0.3 is 17.5 Å². The van der Waals surface area contributed by atoms with E-state index in [0.717, 1.165) is 16.7 Å². The number of nitrogens with one attached hydrogen (secondary N) is 1. The lowest BCUT2D eigenvalue weighted by molar-refractivity contribution is -0.144. The lowest BCUT2D eigenvalue weighted by atomic mass is 10.1. The van der Waals surface area contributed by atoms with Gasteiger partial charge in [0.05, 0.1) is 0 Å². The number of hydrogen-bond acceptors (Lipinski definition) is 4. The van der Waals surface area contributed by atoms with Crippen LogP contribution in [0.15, 0.2) is 39.9 Å². The molecule has 7 nitrogen and oxygen atoms in total. The Morgan fingerprint density at radius 1 is 1.14 bits per heavy atom. The van der Waals surface area contributed by atoms with Gasteiger partial charge in [-0.1, -0.05) is 58.0 Å². The molecule has 0 bridgehead atoms. The number of hydrogen-bond donors (Lipinski definition) is 2. The molecule has 0 atom stereocenters. The SMILES string of the molecule is CC(C)CN(C(=O)C(F)(F)c1ccccc1)c1c(N)n(CC(C)C)c(=O)[nH]c1=O. The van der Waals surface area contributed by atoms with Crippen molar-refractivity contribution in [3.05, 3.63) is 56.7 Å². The third-order valence-electron chi connectivity index (χ3n) is 4.23. The first kappa shape index (κ1) is 22.3. The van der Waals surface area contributed by atoms with Crippen LogP contribution >= 0.6 is 0 Å². The number of halogens is 2. The van der Waals surface area contributed by atoms with E-state index in [9.17, 15) is 23.2 Å². The Labute approximate surface area is 167 Å². The summed E-state index contributed by atoms with van der Waals surface area (Å²) < 4.78 is 31.0. The van der Waals surface area contributed by atoms with Gasteiger partial charge in [-0.15, -0.1) is 0 Å². The zero-order valence-electron chi connectivity index (χ0n) is 16.9. The van der Waals surface area contributed by atoms with Crippen molar-refractivity contribution in [2.75, 3.05) is 17.2 Å². The number of amides is 1. The minimum atomic E-state index is -3.88. The monoisotopic (exact) mass is 408 g/mol. The molecule has 0 aliphatic rings. The van der Waals surface area contributed by atoms with E-state index in [0.29, 0.717) is 4.90 Å². The van der Waals surface area contributed by atoms with Crippen molar-refractivity contribution >= 4 is 17.4 Å². The summed E-state index contributed by atoms with van der Waals surface area (Å²) in [5, 5.41) is 0. The maximum absolute atomic E-state index is 15.0. The fourth-order valence-electron chi connectivity index (χ4n) is 2.97. The predicted octanol–water partition coefficient (Wildman–Crippen LogP) is 2.56. The molecule has 0 aliphatic heterocycles. The van der Waals surface area contributed by atoms with Gasteiger partial charge < -0.3 is 5.73 Å². The van der Waals surface area contributed by atoms with Gasteiger partial charge in [-0.3, -0.25) is 24.0 Å². The summed E-state index contributed by atoms with van der Waals surface area (Å²) in [7, 11) is 0. The number of benzene rings is 1. The molecule has 2 rings (SSSR count). The van der Waals surface area contributed by atoms with Gasteiger partial charge in [-0.2, -0.15) is 8.78 Å². The number of nitrogens with two attached hydrogens (primary N) is 1. The Bertz CT molecular complexity index is 981. The lowest BCUT2D eigenvalue weighted by Gasteiger charge is -2.29. The molecule has 0 saturated heterocycles. The second-order valence-corrected chi connectivity index (χ2v) is 7.75. The van der Waals surface area contributed by atoms with E-state index in [2.05, 4.69) is 4.98 Å². The van der Waals surface area contributed by atoms with Crippen molar-refractivity contribution < 1.29 is 13.6 Å². The van der Waals surface area contributed by atoms with E-state index in [1.54, 1.807) is 19.9 Å². The zero-order chi connectivity index (χ0) is 21.9. The summed E-state index contributed by atoms with van der Waals surface area (Å²) in [6.45, 7) is 7.08. The van der Waals surface area contributed by atoms with Gasteiger partial charge in [0.1, 0.15) is 5.82 Å². The summed E-state index contributed by atoms with van der Waals surface area (Å²) in [6.07, 6.45) is 0. The second-order valence-electron chi connectivity index (χ2n) is 7.75. The number of carbonyl (C=O) groups is 1. The molecule has 0 unspecified atom stereocenters. The maximum atomic E-state index is 15.0. The van der Waals surface area contributed by atoms with Crippen LogP contribution in [-0.2, 0) is 17.3 Å². The van der Waals surface area contributed by atoms with Crippen LogP contribution in [0.5, 0.6) is 0 Å². The van der Waals surface area contributed by atoms with Crippen LogP contribution in [0.4, 0.5) is 20.3 Å². The fourth-order valence-corrected chi connectivity index (χ4v) is 2.97. The summed E-state index contributed by atoms with van der Waals surface area (Å²) in [6, 6.07) is 6.62. The average molecular weight is 408 g/mol. The number of nitrogens with zero attached hydrogens (tertiary/aromatic N) is 2. The van der Waals surface area contributed by atoms with Crippen LogP contribution in [-0.4, -0.2) is 22.0 Å². The van der Waals surface area contributed by atoms with Gasteiger partial charge in [0.2, 0.25) is 0 Å². The molecule has 0 saturated carbocycles. The molecule has 29 heavy (non-hydrogen) atoms. The second kappa shape index (κ2) is 8.59. The van der Waals surface area contributed by atoms with E-state index < -0.39 is 34.3 Å². The highest BCUT2D eigenvalue weighted by Gasteiger charge is 2.45. The van der Waals surface area contributed by atoms with Crippen molar-refractivity contribution in [2.24, 2.45) is 11.8 Å². The van der Waals surface area contributed by atoms with Crippen LogP contribution in [0.2, 0.25) is 0 Å². The van der Waals surface area contributed by atoms with Crippen LogP contribution in [0.3, 0.4) is 0 Å². The first-order valence-electron chi connectivity index (χ1n) is 9.34. The first-order valence-corrected chi connectivity index (χ1v) is 9.34. The Morgan fingerprint density at radius 2 is 1.72 bits per heavy atom. The molecule has 2 aromatic rings. The quantitative estimate of drug-likeness (QED) is 0.735. The van der Waals surface area contributed by atoms with Crippen LogP contribution in [0.1, 0.15) is 33.3 Å². The van der Waals surface area contributed by atoms with E-state index in [4.69, 9.17) is 5.73 Å². The van der Waals surface area contributed by atoms with Gasteiger partial charge in [-0.05, 0) is 11.8 Å². The van der Waals surface area contributed by atoms with Gasteiger partial charge in [0.15, 0.2) is 5.69 Å². The number of H-pyrrole nitrogens is 1. The third kappa shape index (κ3) is 4.72. The maximum Gasteiger partial charge on any atom is 0.350 e. The number of aromatic nitrogens is 2. The largest absolute Gasteiger partial charge is 0.383 e. The standard InChI is InChI=1S/C20H26F2N4O3/c1-12(2)10-25(18(28)20(21,22)14-8-6-5-7-9-14)15-16(23)26(11-13(3)4)19(29)24-17(15)27/h5-9,12-13H,10-11,23H2,1-4H3,(H,24,27,29). The fraction of sp³-hybridized carbons (Fsp3) is 0.450. The Hall–Kier alpha value is -2.97. The van der Waals surface area contributed by atoms with Crippen LogP contribution < -0.4 is 21.9 Å². The van der Waals surface area contributed by atoms with Crippen molar-refractivity contribution in [1.82, 2.24) is 9.55 Å². The lowest BCUT2D eigenvalue weighted by Crippen LogP contribution is -2.48. The molecular weight excluding hydrogens is 382 g/mol. The highest BCUT2D eigenvalue weighted by atomic mass is 19.3. The highest BCUT2D eigenvalue weighted by molar-refractivity contribution is 6.00. The Kier molecular flexibility index (Phi) is 6.61. The average Bonchev–Trinajstić information content (AvgIpc) is 2.63. The highest BCUT2D eigenvalue weighted by Crippen LogP contribution is 2.33. The number of alkyl halides is 2. The third-order valence-corrected chi connectivity index (χ3v) is 4.23. The molecule has 158 valence electrons. The van der Waals surface area contributed by atoms with Crippen molar-refractivity contribution in [3.8, 4) is 0 Å². The predicted molar refractivity (Wildman–Crippen MR) is 108 cm³/mol. The van der Waals surface area contributed by atoms with Gasteiger partial charge in [-0.25, -0.2) is 4.79 Å². The molecule has 0 radical (unpaired) electrons. The minimum absolute atomic E-state index is 0.00578. The minimum Gasteiger partial charge on any atom is -0.383 e. The zero-order valence-corrected chi connectivity index (χ0v) is 16.9. The Balaban J connectivity index is 2.66. The smallest absolute Gasteiger partial charge is 0.350 e. The van der Waals surface area contributed by atoms with Crippen molar-refractivity contribution in [3.63, 3.8) is 0 Å². The molecule has 9 heteroatoms. The first-order chi connectivity index (χ1) is 13.5. The van der Waals surface area contributed by atoms with E-state index in [1.807, 2.05) is 13.8 Å². The molecule has 1 aromatic carbocycles. The van der Waals surface area contributed by atoms with Crippen LogP contribution in [0.25, 0.3) is 0 Å². The van der Waals surface area contributed by atoms with Gasteiger partial charge in [0.25, 0.3) is 5.56 Å². The number of aromatic amines is 1. The number of anilines is 2. The van der Waals surface area contributed by atoms with Crippen molar-refractivity contribution in [2.45, 2.75) is 40.2 Å². The van der Waals surface area contributed by atoms with E-state index >= 15 is 0 Å². The van der Waals surface area contributed by atoms with E-state index in [-0.39, 0.29) is 30.7 Å². The molecule has 0 spiro atoms. The Morgan fingerprint density at radius 3 is 2.24 bits per heavy atom. The van der Waals surface area contributed by atoms with Gasteiger partial charge in [0, 0.05) is 18.7 Å².